The predicted molar refractivity (Wildman–Crippen MR) is 68.6 cm³/mol. The van der Waals surface area contributed by atoms with Crippen LogP contribution >= 0.6 is 0 Å². The largest absolute Gasteiger partial charge is 0.352 e. The second kappa shape index (κ2) is 7.54. The quantitative estimate of drug-likeness (QED) is 0.737. The van der Waals surface area contributed by atoms with Crippen molar-refractivity contribution in [1.29, 1.82) is 0 Å². The summed E-state index contributed by atoms with van der Waals surface area (Å²) in [5, 5.41) is 0. The Hall–Kier alpha value is -1.02. The maximum Gasteiger partial charge on any atom is 0.243 e. The predicted octanol–water partition coefficient (Wildman–Crippen LogP) is 1.50. The zero-order chi connectivity index (χ0) is 14.3. The first kappa shape index (κ1) is 16.0. The maximum atomic E-state index is 13.4. The van der Waals surface area contributed by atoms with Crippen molar-refractivity contribution in [2.45, 2.75) is 25.0 Å². The van der Waals surface area contributed by atoms with Crippen LogP contribution in [-0.2, 0) is 19.5 Å². The van der Waals surface area contributed by atoms with E-state index in [1.54, 1.807) is 13.8 Å². The lowest BCUT2D eigenvalue weighted by atomic mass is 10.4. The Balaban J connectivity index is 2.72. The Morgan fingerprint density at radius 3 is 2.32 bits per heavy atom. The Kier molecular flexibility index (Phi) is 6.36. The zero-order valence-corrected chi connectivity index (χ0v) is 11.7. The van der Waals surface area contributed by atoms with Crippen LogP contribution in [0.1, 0.15) is 13.8 Å². The molecule has 0 radical (unpaired) electrons. The van der Waals surface area contributed by atoms with Crippen LogP contribution in [0.2, 0.25) is 0 Å². The second-order valence-corrected chi connectivity index (χ2v) is 5.36. The number of hydrogen-bond acceptors (Lipinski definition) is 4. The van der Waals surface area contributed by atoms with E-state index in [0.717, 1.165) is 6.07 Å². The molecule has 0 saturated heterocycles. The van der Waals surface area contributed by atoms with Gasteiger partial charge < -0.3 is 9.47 Å². The van der Waals surface area contributed by atoms with Crippen LogP contribution in [0.15, 0.2) is 29.2 Å². The fourth-order valence-electron chi connectivity index (χ4n) is 1.46. The molecule has 0 atom stereocenters. The molecule has 0 spiro atoms. The number of benzene rings is 1. The highest BCUT2D eigenvalue weighted by atomic mass is 32.2. The van der Waals surface area contributed by atoms with Gasteiger partial charge in [0.1, 0.15) is 10.7 Å². The topological polar surface area (TPSA) is 64.6 Å². The minimum absolute atomic E-state index is 0.0711. The SMILES string of the molecule is CCOC(CNS(=O)(=O)c1ccccc1F)OCC. The standard InChI is InChI=1S/C12H18FNO4S/c1-3-17-12(18-4-2)9-14-19(15,16)11-8-6-5-7-10(11)13/h5-8,12,14H,3-4,9H2,1-2H3. The number of hydrogen-bond donors (Lipinski definition) is 1. The van der Waals surface area contributed by atoms with Crippen molar-refractivity contribution < 1.29 is 22.3 Å². The summed E-state index contributed by atoms with van der Waals surface area (Å²) in [5.41, 5.74) is 0. The molecule has 108 valence electrons. The first-order valence-electron chi connectivity index (χ1n) is 5.98. The summed E-state index contributed by atoms with van der Waals surface area (Å²) in [5.74, 6) is -0.792. The summed E-state index contributed by atoms with van der Waals surface area (Å²) in [4.78, 5) is -0.387. The molecule has 0 heterocycles. The third-order valence-corrected chi connectivity index (χ3v) is 3.73. The van der Waals surface area contributed by atoms with Gasteiger partial charge in [0.05, 0.1) is 6.54 Å². The molecule has 1 aromatic carbocycles. The van der Waals surface area contributed by atoms with Crippen LogP contribution in [0, 0.1) is 5.82 Å². The lowest BCUT2D eigenvalue weighted by molar-refractivity contribution is -0.130. The summed E-state index contributed by atoms with van der Waals surface area (Å²) in [7, 11) is -3.91. The molecule has 1 N–H and O–H groups in total. The van der Waals surface area contributed by atoms with E-state index in [4.69, 9.17) is 9.47 Å². The van der Waals surface area contributed by atoms with E-state index in [0.29, 0.717) is 13.2 Å². The number of nitrogens with one attached hydrogen (secondary N) is 1. The van der Waals surface area contributed by atoms with E-state index in [2.05, 4.69) is 4.72 Å². The van der Waals surface area contributed by atoms with Gasteiger partial charge in [-0.05, 0) is 26.0 Å². The molecule has 1 rings (SSSR count). The molecule has 0 aliphatic rings. The highest BCUT2D eigenvalue weighted by Crippen LogP contribution is 2.13. The monoisotopic (exact) mass is 291 g/mol. The fourth-order valence-corrected chi connectivity index (χ4v) is 2.55. The Morgan fingerprint density at radius 1 is 1.21 bits per heavy atom. The molecule has 0 fully saturated rings. The molecular weight excluding hydrogens is 273 g/mol. The molecular formula is C12H18FNO4S. The van der Waals surface area contributed by atoms with Crippen molar-refractivity contribution in [3.8, 4) is 0 Å². The Labute approximate surface area is 112 Å². The summed E-state index contributed by atoms with van der Waals surface area (Å²) in [6.07, 6.45) is -0.684. The van der Waals surface area contributed by atoms with Crippen molar-refractivity contribution in [2.24, 2.45) is 0 Å². The smallest absolute Gasteiger partial charge is 0.243 e. The van der Waals surface area contributed by atoms with Crippen molar-refractivity contribution >= 4 is 10.0 Å². The van der Waals surface area contributed by atoms with E-state index >= 15 is 0 Å². The van der Waals surface area contributed by atoms with E-state index in [1.165, 1.54) is 18.2 Å². The molecule has 0 unspecified atom stereocenters. The van der Waals surface area contributed by atoms with Crippen molar-refractivity contribution in [3.63, 3.8) is 0 Å². The molecule has 1 aromatic rings. The number of ether oxygens (including phenoxy) is 2. The normalized spacial score (nSPS) is 12.0. The summed E-state index contributed by atoms with van der Waals surface area (Å²) >= 11 is 0. The highest BCUT2D eigenvalue weighted by molar-refractivity contribution is 7.89. The van der Waals surface area contributed by atoms with Gasteiger partial charge in [0.2, 0.25) is 10.0 Å². The number of rotatable bonds is 8. The van der Waals surface area contributed by atoms with Crippen LogP contribution in [0.4, 0.5) is 4.39 Å². The van der Waals surface area contributed by atoms with Gasteiger partial charge in [-0.1, -0.05) is 12.1 Å². The van der Waals surface area contributed by atoms with E-state index in [1.807, 2.05) is 0 Å². The number of halogens is 1. The molecule has 7 heteroatoms. The van der Waals surface area contributed by atoms with Gasteiger partial charge in [-0.15, -0.1) is 0 Å². The molecule has 19 heavy (non-hydrogen) atoms. The summed E-state index contributed by atoms with van der Waals surface area (Å²) < 4.78 is 49.9. The minimum atomic E-state index is -3.91. The lowest BCUT2D eigenvalue weighted by Gasteiger charge is -2.17. The van der Waals surface area contributed by atoms with Crippen LogP contribution in [0.25, 0.3) is 0 Å². The molecule has 5 nitrogen and oxygen atoms in total. The van der Waals surface area contributed by atoms with Gasteiger partial charge in [0.25, 0.3) is 0 Å². The van der Waals surface area contributed by atoms with E-state index in [-0.39, 0.29) is 11.4 Å². The van der Waals surface area contributed by atoms with Gasteiger partial charge in [-0.2, -0.15) is 0 Å². The van der Waals surface area contributed by atoms with Crippen molar-refractivity contribution in [3.05, 3.63) is 30.1 Å². The average molecular weight is 291 g/mol. The van der Waals surface area contributed by atoms with Gasteiger partial charge in [0.15, 0.2) is 6.29 Å². The van der Waals surface area contributed by atoms with Gasteiger partial charge in [0, 0.05) is 13.2 Å². The van der Waals surface area contributed by atoms with Gasteiger partial charge >= 0.3 is 0 Å². The lowest BCUT2D eigenvalue weighted by Crippen LogP contribution is -2.35. The highest BCUT2D eigenvalue weighted by Gasteiger charge is 2.20. The molecule has 0 bridgehead atoms. The summed E-state index contributed by atoms with van der Waals surface area (Å²) in [6.45, 7) is 4.27. The number of sulfonamides is 1. The minimum Gasteiger partial charge on any atom is -0.352 e. The molecule has 0 amide bonds. The zero-order valence-electron chi connectivity index (χ0n) is 10.9. The van der Waals surface area contributed by atoms with Crippen LogP contribution in [-0.4, -0.2) is 34.5 Å². The van der Waals surface area contributed by atoms with E-state index in [9.17, 15) is 12.8 Å². The average Bonchev–Trinajstić information content (AvgIpc) is 2.37. The third kappa shape index (κ3) is 4.87. The van der Waals surface area contributed by atoms with Crippen LogP contribution < -0.4 is 4.72 Å². The van der Waals surface area contributed by atoms with Crippen LogP contribution in [0.5, 0.6) is 0 Å². The fraction of sp³-hybridized carbons (Fsp3) is 0.500. The first-order valence-corrected chi connectivity index (χ1v) is 7.47. The Bertz CT molecular complexity index is 486. The van der Waals surface area contributed by atoms with Gasteiger partial charge in [-0.25, -0.2) is 17.5 Å². The summed E-state index contributed by atoms with van der Waals surface area (Å²) in [6, 6.07) is 5.18. The Morgan fingerprint density at radius 2 is 1.79 bits per heavy atom. The van der Waals surface area contributed by atoms with Crippen molar-refractivity contribution in [1.82, 2.24) is 4.72 Å². The molecule has 0 aromatic heterocycles. The maximum absolute atomic E-state index is 13.4. The van der Waals surface area contributed by atoms with Crippen LogP contribution in [0.3, 0.4) is 0 Å². The second-order valence-electron chi connectivity index (χ2n) is 3.62. The van der Waals surface area contributed by atoms with Gasteiger partial charge in [-0.3, -0.25) is 0 Å². The van der Waals surface area contributed by atoms with Crippen molar-refractivity contribution in [2.75, 3.05) is 19.8 Å². The molecule has 0 aliphatic carbocycles. The molecule has 0 saturated carbocycles. The first-order chi connectivity index (χ1) is 9.01. The van der Waals surface area contributed by atoms with E-state index < -0.39 is 22.1 Å². The third-order valence-electron chi connectivity index (χ3n) is 2.27. The molecule has 0 aliphatic heterocycles.